The lowest BCUT2D eigenvalue weighted by molar-refractivity contribution is -0.0221. The Morgan fingerprint density at radius 3 is 2.36 bits per heavy atom. The van der Waals surface area contributed by atoms with Crippen LogP contribution in [0.25, 0.3) is 0 Å². The predicted molar refractivity (Wildman–Crippen MR) is 150 cm³/mol. The molecule has 0 radical (unpaired) electrons. The number of hydrogen-bond acceptors (Lipinski definition) is 6. The quantitative estimate of drug-likeness (QED) is 0.461. The lowest BCUT2D eigenvalue weighted by Gasteiger charge is -2.34. The molecule has 2 N–H and O–H groups in total. The van der Waals surface area contributed by atoms with Crippen LogP contribution in [-0.4, -0.2) is 59.3 Å². The van der Waals surface area contributed by atoms with E-state index in [1.807, 2.05) is 4.90 Å². The van der Waals surface area contributed by atoms with Crippen LogP contribution in [0.15, 0.2) is 36.4 Å². The maximum absolute atomic E-state index is 13.7. The molecule has 2 aromatic rings. The van der Waals surface area contributed by atoms with E-state index in [1.165, 1.54) is 7.11 Å². The average Bonchev–Trinajstić information content (AvgIpc) is 3.59. The highest BCUT2D eigenvalue weighted by molar-refractivity contribution is 7.92. The zero-order valence-electron chi connectivity index (χ0n) is 22.6. The van der Waals surface area contributed by atoms with Crippen LogP contribution in [-0.2, 0) is 10.0 Å². The number of piperidine rings is 2. The van der Waals surface area contributed by atoms with Gasteiger partial charge in [0, 0.05) is 44.7 Å². The van der Waals surface area contributed by atoms with Crippen molar-refractivity contribution in [3.63, 3.8) is 0 Å². The molecule has 3 aliphatic rings. The van der Waals surface area contributed by atoms with E-state index in [4.69, 9.17) is 4.74 Å². The molecule has 0 aromatic heterocycles. The van der Waals surface area contributed by atoms with E-state index in [1.54, 1.807) is 43.3 Å². The molecular weight excluding hydrogens is 526 g/mol. The molecule has 1 amide bonds. The third-order valence-electron chi connectivity index (χ3n) is 8.44. The number of carbonyl (C=O) groups is 1. The SMILES string of the molecule is CCS(=O)(=O)Nc1ccc(C(=O)Nc2ccc(OC)c(N3CCC(F)(F)CC3)c2)c(N2CCC3(C)CC3C2)c1. The first kappa shape index (κ1) is 27.5. The number of methoxy groups -OCH3 is 1. The van der Waals surface area contributed by atoms with E-state index in [2.05, 4.69) is 21.9 Å². The first-order chi connectivity index (χ1) is 18.4. The van der Waals surface area contributed by atoms with Gasteiger partial charge in [-0.2, -0.15) is 0 Å². The van der Waals surface area contributed by atoms with Gasteiger partial charge in [-0.25, -0.2) is 17.2 Å². The topological polar surface area (TPSA) is 91.0 Å². The highest BCUT2D eigenvalue weighted by atomic mass is 32.2. The molecule has 2 heterocycles. The summed E-state index contributed by atoms with van der Waals surface area (Å²) in [5, 5.41) is 2.96. The van der Waals surface area contributed by atoms with Gasteiger partial charge in [-0.15, -0.1) is 0 Å². The van der Waals surface area contributed by atoms with Crippen molar-refractivity contribution in [1.82, 2.24) is 0 Å². The second-order valence-corrected chi connectivity index (χ2v) is 13.2. The Bertz CT molecular complexity index is 1360. The lowest BCUT2D eigenvalue weighted by atomic mass is 9.96. The summed E-state index contributed by atoms with van der Waals surface area (Å²) in [7, 11) is -1.95. The number of nitrogens with one attached hydrogen (secondary N) is 2. The molecular formula is C28H36F2N4O4S. The fourth-order valence-corrected chi connectivity index (χ4v) is 6.28. The van der Waals surface area contributed by atoms with Crippen molar-refractivity contribution in [1.29, 1.82) is 0 Å². The molecule has 1 saturated carbocycles. The highest BCUT2D eigenvalue weighted by Crippen LogP contribution is 2.58. The Morgan fingerprint density at radius 1 is 1.03 bits per heavy atom. The molecule has 2 atom stereocenters. The van der Waals surface area contributed by atoms with E-state index < -0.39 is 15.9 Å². The molecule has 39 heavy (non-hydrogen) atoms. The molecule has 5 rings (SSSR count). The van der Waals surface area contributed by atoms with Gasteiger partial charge in [0.1, 0.15) is 5.75 Å². The zero-order valence-corrected chi connectivity index (χ0v) is 23.4. The summed E-state index contributed by atoms with van der Waals surface area (Å²) in [6.45, 7) is 5.84. The first-order valence-electron chi connectivity index (χ1n) is 13.4. The molecule has 11 heteroatoms. The van der Waals surface area contributed by atoms with E-state index in [-0.39, 0.29) is 37.6 Å². The number of fused-ring (bicyclic) bond motifs is 1. The number of carbonyl (C=O) groups excluding carboxylic acids is 1. The van der Waals surface area contributed by atoms with Gasteiger partial charge in [-0.05, 0) is 67.5 Å². The van der Waals surface area contributed by atoms with Crippen molar-refractivity contribution in [2.24, 2.45) is 11.3 Å². The van der Waals surface area contributed by atoms with Crippen molar-refractivity contribution < 1.29 is 26.7 Å². The van der Waals surface area contributed by atoms with Crippen LogP contribution in [0.5, 0.6) is 5.75 Å². The van der Waals surface area contributed by atoms with E-state index in [9.17, 15) is 22.0 Å². The Balaban J connectivity index is 1.41. The molecule has 2 unspecified atom stereocenters. The molecule has 0 bridgehead atoms. The van der Waals surface area contributed by atoms with E-state index >= 15 is 0 Å². The van der Waals surface area contributed by atoms with Crippen LogP contribution >= 0.6 is 0 Å². The number of sulfonamides is 1. The van der Waals surface area contributed by atoms with Crippen LogP contribution in [0.3, 0.4) is 0 Å². The van der Waals surface area contributed by atoms with Gasteiger partial charge < -0.3 is 19.9 Å². The molecule has 8 nitrogen and oxygen atoms in total. The third kappa shape index (κ3) is 5.92. The highest BCUT2D eigenvalue weighted by Gasteiger charge is 2.52. The maximum Gasteiger partial charge on any atom is 0.257 e. The van der Waals surface area contributed by atoms with E-state index in [0.29, 0.717) is 45.4 Å². The van der Waals surface area contributed by atoms with Gasteiger partial charge in [0.25, 0.3) is 11.8 Å². The van der Waals surface area contributed by atoms with Crippen molar-refractivity contribution >= 4 is 38.7 Å². The largest absolute Gasteiger partial charge is 0.495 e. The molecule has 212 valence electrons. The van der Waals surface area contributed by atoms with Crippen LogP contribution < -0.4 is 24.6 Å². The van der Waals surface area contributed by atoms with Crippen molar-refractivity contribution in [3.8, 4) is 5.75 Å². The van der Waals surface area contributed by atoms with Gasteiger partial charge in [0.15, 0.2) is 0 Å². The molecule has 0 spiro atoms. The number of rotatable bonds is 8. The van der Waals surface area contributed by atoms with Crippen molar-refractivity contribution in [2.45, 2.75) is 45.5 Å². The molecule has 2 saturated heterocycles. The van der Waals surface area contributed by atoms with Crippen LogP contribution in [0.1, 0.15) is 49.9 Å². The van der Waals surface area contributed by atoms with Gasteiger partial charge in [-0.1, -0.05) is 6.92 Å². The van der Waals surface area contributed by atoms with Gasteiger partial charge in [-0.3, -0.25) is 9.52 Å². The Kier molecular flexibility index (Phi) is 7.15. The monoisotopic (exact) mass is 562 g/mol. The summed E-state index contributed by atoms with van der Waals surface area (Å²) in [5.41, 5.74) is 3.07. The summed E-state index contributed by atoms with van der Waals surface area (Å²) >= 11 is 0. The van der Waals surface area contributed by atoms with Gasteiger partial charge >= 0.3 is 0 Å². The van der Waals surface area contributed by atoms with Crippen LogP contribution in [0, 0.1) is 11.3 Å². The lowest BCUT2D eigenvalue weighted by Crippen LogP contribution is -2.39. The molecule has 2 aliphatic heterocycles. The molecule has 1 aliphatic carbocycles. The summed E-state index contributed by atoms with van der Waals surface area (Å²) in [4.78, 5) is 17.6. The number of nitrogens with zero attached hydrogens (tertiary/aromatic N) is 2. The van der Waals surface area contributed by atoms with Gasteiger partial charge in [0.2, 0.25) is 10.0 Å². The smallest absolute Gasteiger partial charge is 0.257 e. The number of benzene rings is 2. The molecule has 3 fully saturated rings. The minimum Gasteiger partial charge on any atom is -0.495 e. The number of alkyl halides is 2. The molecule has 2 aromatic carbocycles. The Labute approximate surface area is 228 Å². The maximum atomic E-state index is 13.7. The summed E-state index contributed by atoms with van der Waals surface area (Å²) in [6, 6.07) is 10.2. The Hall–Kier alpha value is -3.08. The second-order valence-electron chi connectivity index (χ2n) is 11.2. The van der Waals surface area contributed by atoms with E-state index in [0.717, 1.165) is 25.9 Å². The van der Waals surface area contributed by atoms with Crippen LogP contribution in [0.2, 0.25) is 0 Å². The van der Waals surface area contributed by atoms with Gasteiger partial charge in [0.05, 0.1) is 35.5 Å². The number of ether oxygens (including phenoxy) is 1. The number of anilines is 4. The number of halogens is 2. The summed E-state index contributed by atoms with van der Waals surface area (Å²) in [5.74, 6) is -1.95. The minimum absolute atomic E-state index is 0.0524. The van der Waals surface area contributed by atoms with Crippen LogP contribution in [0.4, 0.5) is 31.5 Å². The summed E-state index contributed by atoms with van der Waals surface area (Å²) < 4.78 is 60.0. The zero-order chi connectivity index (χ0) is 28.0. The summed E-state index contributed by atoms with van der Waals surface area (Å²) in [6.07, 6.45) is 1.70. The predicted octanol–water partition coefficient (Wildman–Crippen LogP) is 5.18. The normalized spacial score (nSPS) is 24.1. The fraction of sp³-hybridized carbons (Fsp3) is 0.536. The minimum atomic E-state index is -3.48. The first-order valence-corrected chi connectivity index (χ1v) is 15.1. The number of hydrogen-bond donors (Lipinski definition) is 2. The number of amides is 1. The fourth-order valence-electron chi connectivity index (χ4n) is 5.65. The third-order valence-corrected chi connectivity index (χ3v) is 9.75. The average molecular weight is 563 g/mol. The standard InChI is InChI=1S/C28H36F2N4O4S/c1-4-39(36,37)32-21-5-7-22(23(16-21)34-12-9-27(2)17-19(27)18-34)26(35)31-20-6-8-25(38-3)24(15-20)33-13-10-28(29,30)11-14-33/h5-8,15-16,19,32H,4,9-14,17-18H2,1-3H3,(H,31,35). The van der Waals surface area contributed by atoms with Crippen molar-refractivity contribution in [3.05, 3.63) is 42.0 Å². The Morgan fingerprint density at radius 2 is 1.69 bits per heavy atom. The van der Waals surface area contributed by atoms with Crippen molar-refractivity contribution in [2.75, 3.05) is 58.9 Å². The second kappa shape index (κ2) is 10.1.